The van der Waals surface area contributed by atoms with Crippen molar-refractivity contribution in [1.29, 1.82) is 0 Å². The van der Waals surface area contributed by atoms with Gasteiger partial charge in [0, 0.05) is 42.9 Å². The summed E-state index contributed by atoms with van der Waals surface area (Å²) < 4.78 is 43.8. The lowest BCUT2D eigenvalue weighted by Crippen LogP contribution is -2.58. The molecule has 0 radical (unpaired) electrons. The molecule has 2 aromatic carbocycles. The molecule has 2 fully saturated rings. The molecule has 6 rings (SSSR count). The molecule has 6 atom stereocenters. The number of fused-ring (bicyclic) bond motifs is 6. The first-order valence-electron chi connectivity index (χ1n) is 16.1. The third-order valence-corrected chi connectivity index (χ3v) is 10.0. The van der Waals surface area contributed by atoms with Crippen LogP contribution in [-0.4, -0.2) is 95.4 Å². The van der Waals surface area contributed by atoms with Gasteiger partial charge in [-0.25, -0.2) is 9.59 Å². The van der Waals surface area contributed by atoms with Crippen LogP contribution in [0.5, 0.6) is 23.0 Å². The maximum absolute atomic E-state index is 13.7. The SMILES string of the molecule is CCOC(=O)Oc1c(OC)cc(C(=O)OC2C[C@@H]3CN4CCc5c([nH]c6cc(OC)ccc56)[C@H]4C[C@@H]3C(C(=O)OC)C2OC)cc1OC. The van der Waals surface area contributed by atoms with Crippen molar-refractivity contribution in [1.82, 2.24) is 9.88 Å². The highest BCUT2D eigenvalue weighted by Crippen LogP contribution is 2.51. The number of hydrogen-bond donors (Lipinski definition) is 1. The molecule has 13 heteroatoms. The van der Waals surface area contributed by atoms with Gasteiger partial charge in [-0.1, -0.05) is 0 Å². The monoisotopic (exact) mass is 666 g/mol. The van der Waals surface area contributed by atoms with Crippen molar-refractivity contribution in [3.63, 3.8) is 0 Å². The third-order valence-electron chi connectivity index (χ3n) is 10.0. The minimum atomic E-state index is -0.942. The van der Waals surface area contributed by atoms with Gasteiger partial charge in [0.2, 0.25) is 5.75 Å². The second kappa shape index (κ2) is 13.9. The van der Waals surface area contributed by atoms with E-state index in [0.29, 0.717) is 6.42 Å². The quantitative estimate of drug-likeness (QED) is 0.192. The van der Waals surface area contributed by atoms with Crippen molar-refractivity contribution >= 4 is 29.0 Å². The van der Waals surface area contributed by atoms with Gasteiger partial charge in [0.1, 0.15) is 18.0 Å². The molecule has 13 nitrogen and oxygen atoms in total. The number of benzene rings is 2. The number of piperidine rings is 1. The van der Waals surface area contributed by atoms with Crippen LogP contribution in [0, 0.1) is 17.8 Å². The van der Waals surface area contributed by atoms with E-state index in [1.807, 2.05) is 12.1 Å². The first kappa shape index (κ1) is 33.4. The van der Waals surface area contributed by atoms with E-state index >= 15 is 0 Å². The van der Waals surface area contributed by atoms with Gasteiger partial charge in [-0.2, -0.15) is 0 Å². The summed E-state index contributed by atoms with van der Waals surface area (Å²) in [6, 6.07) is 9.00. The zero-order valence-corrected chi connectivity index (χ0v) is 28.0. The number of nitrogens with zero attached hydrogens (tertiary/aromatic N) is 1. The Morgan fingerprint density at radius 3 is 2.35 bits per heavy atom. The Hall–Kier alpha value is -4.49. The number of aromatic nitrogens is 1. The summed E-state index contributed by atoms with van der Waals surface area (Å²) in [7, 11) is 7.30. The summed E-state index contributed by atoms with van der Waals surface area (Å²) in [5, 5.41) is 1.19. The number of H-pyrrole nitrogens is 1. The second-order valence-electron chi connectivity index (χ2n) is 12.3. The number of methoxy groups -OCH3 is 5. The summed E-state index contributed by atoms with van der Waals surface area (Å²) >= 11 is 0. The molecule has 3 heterocycles. The minimum Gasteiger partial charge on any atom is -0.497 e. The summed E-state index contributed by atoms with van der Waals surface area (Å²) in [5.74, 6) is -0.833. The van der Waals surface area contributed by atoms with Gasteiger partial charge in [0.15, 0.2) is 11.5 Å². The number of carbonyl (C=O) groups is 3. The van der Waals surface area contributed by atoms with Crippen LogP contribution < -0.4 is 18.9 Å². The van der Waals surface area contributed by atoms with E-state index in [4.69, 9.17) is 37.9 Å². The predicted molar refractivity (Wildman–Crippen MR) is 172 cm³/mol. The van der Waals surface area contributed by atoms with Crippen LogP contribution in [0.2, 0.25) is 0 Å². The number of rotatable bonds is 9. The van der Waals surface area contributed by atoms with Gasteiger partial charge >= 0.3 is 18.1 Å². The molecule has 258 valence electrons. The fourth-order valence-electron chi connectivity index (χ4n) is 7.89. The number of ether oxygens (including phenoxy) is 8. The van der Waals surface area contributed by atoms with Crippen LogP contribution in [0.15, 0.2) is 30.3 Å². The molecule has 2 aliphatic heterocycles. The van der Waals surface area contributed by atoms with E-state index in [-0.39, 0.29) is 47.3 Å². The van der Waals surface area contributed by atoms with Crippen molar-refractivity contribution < 1.29 is 52.3 Å². The van der Waals surface area contributed by atoms with E-state index in [0.717, 1.165) is 37.2 Å². The number of esters is 2. The molecule has 48 heavy (non-hydrogen) atoms. The smallest absolute Gasteiger partial charge is 0.497 e. The Morgan fingerprint density at radius 2 is 1.71 bits per heavy atom. The lowest BCUT2D eigenvalue weighted by atomic mass is 9.63. The number of hydrogen-bond acceptors (Lipinski definition) is 12. The Balaban J connectivity index is 1.27. The molecular formula is C35H42N2O11. The van der Waals surface area contributed by atoms with Gasteiger partial charge < -0.3 is 42.9 Å². The topological polar surface area (TPSA) is 144 Å². The highest BCUT2D eigenvalue weighted by Gasteiger charge is 2.54. The van der Waals surface area contributed by atoms with Crippen LogP contribution in [0.1, 0.15) is 47.4 Å². The number of nitrogens with one attached hydrogen (secondary N) is 1. The van der Waals surface area contributed by atoms with Gasteiger partial charge in [0.05, 0.1) is 52.6 Å². The maximum atomic E-state index is 13.7. The van der Waals surface area contributed by atoms with E-state index in [2.05, 4.69) is 16.0 Å². The molecule has 3 aromatic rings. The Kier molecular flexibility index (Phi) is 9.70. The summed E-state index contributed by atoms with van der Waals surface area (Å²) in [4.78, 5) is 45.3. The average Bonchev–Trinajstić information content (AvgIpc) is 3.48. The molecule has 1 aliphatic carbocycles. The molecule has 0 amide bonds. The largest absolute Gasteiger partial charge is 0.514 e. The van der Waals surface area contributed by atoms with E-state index < -0.39 is 36.2 Å². The number of aromatic amines is 1. The highest BCUT2D eigenvalue weighted by atomic mass is 16.7. The molecule has 3 aliphatic rings. The van der Waals surface area contributed by atoms with Crippen LogP contribution >= 0.6 is 0 Å². The molecule has 1 N–H and O–H groups in total. The van der Waals surface area contributed by atoms with Gasteiger partial charge in [-0.05, 0) is 67.9 Å². The lowest BCUT2D eigenvalue weighted by molar-refractivity contribution is -0.176. The maximum Gasteiger partial charge on any atom is 0.514 e. The summed E-state index contributed by atoms with van der Waals surface area (Å²) in [6.45, 7) is 3.37. The van der Waals surface area contributed by atoms with Gasteiger partial charge in [0.25, 0.3) is 0 Å². The molecule has 0 spiro atoms. The van der Waals surface area contributed by atoms with Crippen LogP contribution in [0.3, 0.4) is 0 Å². The molecular weight excluding hydrogens is 624 g/mol. The zero-order valence-electron chi connectivity index (χ0n) is 28.0. The van der Waals surface area contributed by atoms with Crippen LogP contribution in [0.4, 0.5) is 4.79 Å². The van der Waals surface area contributed by atoms with E-state index in [1.165, 1.54) is 57.2 Å². The lowest BCUT2D eigenvalue weighted by Gasteiger charge is -2.52. The Morgan fingerprint density at radius 1 is 0.958 bits per heavy atom. The van der Waals surface area contributed by atoms with Crippen molar-refractivity contribution in [2.75, 3.05) is 55.2 Å². The average molecular weight is 667 g/mol. The van der Waals surface area contributed by atoms with Crippen LogP contribution in [-0.2, 0) is 30.2 Å². The van der Waals surface area contributed by atoms with Gasteiger partial charge in [-0.3, -0.25) is 9.69 Å². The predicted octanol–water partition coefficient (Wildman–Crippen LogP) is 4.70. The Bertz CT molecular complexity index is 1660. The summed E-state index contributed by atoms with van der Waals surface area (Å²) in [6.07, 6.45) is -0.298. The fourth-order valence-corrected chi connectivity index (χ4v) is 7.89. The summed E-state index contributed by atoms with van der Waals surface area (Å²) in [5.41, 5.74) is 3.62. The Labute approximate surface area is 278 Å². The first-order chi connectivity index (χ1) is 23.2. The molecule has 1 saturated carbocycles. The van der Waals surface area contributed by atoms with Crippen molar-refractivity contribution in [2.24, 2.45) is 17.8 Å². The second-order valence-corrected chi connectivity index (χ2v) is 12.3. The van der Waals surface area contributed by atoms with E-state index in [1.54, 1.807) is 14.0 Å². The van der Waals surface area contributed by atoms with Gasteiger partial charge in [-0.15, -0.1) is 0 Å². The van der Waals surface area contributed by atoms with Crippen molar-refractivity contribution in [2.45, 2.75) is 44.4 Å². The normalized spacial score (nSPS) is 24.8. The van der Waals surface area contributed by atoms with Crippen molar-refractivity contribution in [3.8, 4) is 23.0 Å². The van der Waals surface area contributed by atoms with Crippen molar-refractivity contribution in [3.05, 3.63) is 47.2 Å². The van der Waals surface area contributed by atoms with E-state index in [9.17, 15) is 14.4 Å². The minimum absolute atomic E-state index is 0.0356. The molecule has 1 saturated heterocycles. The molecule has 1 aromatic heterocycles. The standard InChI is InChI=1S/C35H42N2O11/c1-7-46-35(40)48-31-26(42-3)12-18(13-27(31)43-4)33(38)47-28-14-19-17-37-11-10-22-21-9-8-20(41-2)15-24(21)36-30(22)25(37)16-23(19)29(32(28)44-5)34(39)45-6/h8-9,12-13,15,19,23,25,28-29,32,36H,7,10-11,14,16-17H2,1-6H3/t19-,23+,25-,28?,29?,32?/m1/s1. The molecule has 3 unspecified atom stereocenters. The van der Waals surface area contributed by atoms with Crippen LogP contribution in [0.25, 0.3) is 10.9 Å². The fraction of sp³-hybridized carbons (Fsp3) is 0.514. The zero-order chi connectivity index (χ0) is 34.1. The third kappa shape index (κ3) is 6.00. The highest BCUT2D eigenvalue weighted by molar-refractivity contribution is 5.92. The number of carbonyl (C=O) groups excluding carboxylic acids is 3. The first-order valence-corrected chi connectivity index (χ1v) is 16.1. The molecule has 0 bridgehead atoms.